The predicted molar refractivity (Wildman–Crippen MR) is 51.0 cm³/mol. The lowest BCUT2D eigenvalue weighted by Crippen LogP contribution is -2.38. The van der Waals surface area contributed by atoms with Crippen molar-refractivity contribution in [2.45, 2.75) is 32.8 Å². The lowest BCUT2D eigenvalue weighted by molar-refractivity contribution is -0.771. The molecule has 0 aliphatic heterocycles. The Morgan fingerprint density at radius 1 is 1.40 bits per heavy atom. The van der Waals surface area contributed by atoms with Crippen molar-refractivity contribution < 1.29 is 15.0 Å². The van der Waals surface area contributed by atoms with Gasteiger partial charge < -0.3 is 4.84 Å². The fourth-order valence-corrected chi connectivity index (χ4v) is 1.06. The third-order valence-electron chi connectivity index (χ3n) is 1.73. The summed E-state index contributed by atoms with van der Waals surface area (Å²) in [6.45, 7) is 3.52. The van der Waals surface area contributed by atoms with Crippen LogP contribution in [0.4, 0.5) is 0 Å². The van der Waals surface area contributed by atoms with Crippen LogP contribution in [0.3, 0.4) is 0 Å². The van der Waals surface area contributed by atoms with Gasteiger partial charge in [0, 0.05) is 0 Å². The molecule has 0 radical (unpaired) electrons. The normalized spacial score (nSPS) is 11.9. The van der Waals surface area contributed by atoms with Gasteiger partial charge in [-0.2, -0.15) is 0 Å². The third kappa shape index (κ3) is 6.47. The maximum Gasteiger partial charge on any atom is 0.294 e. The zero-order valence-electron chi connectivity index (χ0n) is 8.79. The van der Waals surface area contributed by atoms with Crippen molar-refractivity contribution in [3.63, 3.8) is 0 Å². The molecule has 15 heavy (non-hydrogen) atoms. The molecule has 0 fully saturated rings. The highest BCUT2D eigenvalue weighted by atomic mass is 17.0. The molecule has 8 heteroatoms. The average molecular weight is 221 g/mol. The van der Waals surface area contributed by atoms with Gasteiger partial charge >= 0.3 is 0 Å². The molecule has 1 atom stereocenters. The molecule has 0 rings (SSSR count). The standard InChI is InChI=1S/C7H15N3O5/c1-3-4-5-8(9(11)12)6-7(2)15-10(13)14/h7H,3-6H2,1-2H3. The van der Waals surface area contributed by atoms with Crippen LogP contribution in [0.1, 0.15) is 26.7 Å². The SMILES string of the molecule is CCCCN(CC(C)O[N+](=O)[O-])[N+](=O)[O-]. The summed E-state index contributed by atoms with van der Waals surface area (Å²) in [5.74, 6) is 0. The van der Waals surface area contributed by atoms with E-state index in [1.54, 1.807) is 0 Å². The minimum atomic E-state index is -0.942. The van der Waals surface area contributed by atoms with Crippen molar-refractivity contribution in [2.24, 2.45) is 0 Å². The van der Waals surface area contributed by atoms with E-state index in [0.717, 1.165) is 11.4 Å². The predicted octanol–water partition coefficient (Wildman–Crippen LogP) is 0.877. The smallest absolute Gasteiger partial charge is 0.294 e. The Labute approximate surface area is 87.0 Å². The highest BCUT2D eigenvalue weighted by molar-refractivity contribution is 4.52. The minimum absolute atomic E-state index is 0.0893. The molecule has 88 valence electrons. The minimum Gasteiger partial charge on any atom is -0.309 e. The molecule has 0 aromatic carbocycles. The van der Waals surface area contributed by atoms with Gasteiger partial charge in [-0.3, -0.25) is 0 Å². The lowest BCUT2D eigenvalue weighted by Gasteiger charge is -2.16. The van der Waals surface area contributed by atoms with Gasteiger partial charge in [-0.25, -0.2) is 10.1 Å². The Kier molecular flexibility index (Phi) is 6.07. The number of unbranched alkanes of at least 4 members (excludes halogenated alkanes) is 1. The number of rotatable bonds is 8. The van der Waals surface area contributed by atoms with Crippen molar-refractivity contribution in [2.75, 3.05) is 13.1 Å². The summed E-state index contributed by atoms with van der Waals surface area (Å²) >= 11 is 0. The second-order valence-corrected chi connectivity index (χ2v) is 3.14. The molecule has 0 saturated carbocycles. The van der Waals surface area contributed by atoms with E-state index < -0.39 is 16.2 Å². The van der Waals surface area contributed by atoms with Crippen LogP contribution in [-0.4, -0.2) is 34.3 Å². The summed E-state index contributed by atoms with van der Waals surface area (Å²) < 4.78 is 0. The monoisotopic (exact) mass is 221 g/mol. The van der Waals surface area contributed by atoms with E-state index in [1.165, 1.54) is 6.92 Å². The molecule has 0 spiro atoms. The zero-order chi connectivity index (χ0) is 11.8. The van der Waals surface area contributed by atoms with E-state index in [-0.39, 0.29) is 13.1 Å². The first-order chi connectivity index (χ1) is 6.97. The topological polar surface area (TPSA) is 98.8 Å². The summed E-state index contributed by atoms with van der Waals surface area (Å²) in [5, 5.41) is 19.9. The summed E-state index contributed by atoms with van der Waals surface area (Å²) in [5.41, 5.74) is 0. The summed E-state index contributed by atoms with van der Waals surface area (Å²) in [7, 11) is 0. The molecule has 0 N–H and O–H groups in total. The van der Waals surface area contributed by atoms with Crippen molar-refractivity contribution in [1.29, 1.82) is 0 Å². The van der Waals surface area contributed by atoms with Gasteiger partial charge in [-0.1, -0.05) is 13.3 Å². The van der Waals surface area contributed by atoms with E-state index in [9.17, 15) is 20.2 Å². The van der Waals surface area contributed by atoms with Crippen LogP contribution < -0.4 is 0 Å². The van der Waals surface area contributed by atoms with Gasteiger partial charge in [0.1, 0.15) is 12.6 Å². The fraction of sp³-hybridized carbons (Fsp3) is 1.00. The van der Waals surface area contributed by atoms with Gasteiger partial charge in [0.25, 0.3) is 5.09 Å². The van der Waals surface area contributed by atoms with Crippen LogP contribution in [0.25, 0.3) is 0 Å². The van der Waals surface area contributed by atoms with E-state index in [1.807, 2.05) is 6.92 Å². The Hall–Kier alpha value is -1.60. The Morgan fingerprint density at radius 2 is 2.00 bits per heavy atom. The quantitative estimate of drug-likeness (QED) is 0.445. The van der Waals surface area contributed by atoms with Crippen LogP contribution in [-0.2, 0) is 4.84 Å². The molecule has 0 saturated heterocycles. The lowest BCUT2D eigenvalue weighted by atomic mass is 10.3. The van der Waals surface area contributed by atoms with Crippen molar-refractivity contribution in [3.8, 4) is 0 Å². The molecule has 0 aromatic heterocycles. The number of nitrogens with zero attached hydrogens (tertiary/aromatic N) is 3. The molecule has 0 bridgehead atoms. The molecule has 0 heterocycles. The Morgan fingerprint density at radius 3 is 2.40 bits per heavy atom. The van der Waals surface area contributed by atoms with Crippen molar-refractivity contribution in [1.82, 2.24) is 5.01 Å². The first kappa shape index (κ1) is 13.4. The van der Waals surface area contributed by atoms with Gasteiger partial charge in [0.05, 0.1) is 6.54 Å². The van der Waals surface area contributed by atoms with Crippen LogP contribution in [0.2, 0.25) is 0 Å². The first-order valence-corrected chi connectivity index (χ1v) is 4.67. The van der Waals surface area contributed by atoms with Crippen molar-refractivity contribution >= 4 is 0 Å². The maximum atomic E-state index is 10.5. The second kappa shape index (κ2) is 6.80. The third-order valence-corrected chi connectivity index (χ3v) is 1.73. The maximum absolute atomic E-state index is 10.5. The molecular formula is C7H15N3O5. The number of hydrogen-bond acceptors (Lipinski definition) is 5. The van der Waals surface area contributed by atoms with Crippen LogP contribution in [0.15, 0.2) is 0 Å². The Bertz CT molecular complexity index is 223. The molecule has 0 aliphatic carbocycles. The van der Waals surface area contributed by atoms with E-state index in [4.69, 9.17) is 0 Å². The summed E-state index contributed by atoms with van der Waals surface area (Å²) in [6, 6.07) is 0. The molecular weight excluding hydrogens is 206 g/mol. The molecule has 0 aliphatic rings. The highest BCUT2D eigenvalue weighted by Gasteiger charge is 2.19. The summed E-state index contributed by atoms with van der Waals surface area (Å²) in [4.78, 5) is 24.7. The zero-order valence-corrected chi connectivity index (χ0v) is 8.79. The number of hydrogen-bond donors (Lipinski definition) is 0. The molecule has 0 aromatic rings. The Balaban J connectivity index is 4.03. The van der Waals surface area contributed by atoms with Crippen molar-refractivity contribution in [3.05, 3.63) is 20.2 Å². The second-order valence-electron chi connectivity index (χ2n) is 3.14. The number of hydrazine groups is 1. The van der Waals surface area contributed by atoms with Crippen LogP contribution in [0, 0.1) is 20.2 Å². The molecule has 0 amide bonds. The van der Waals surface area contributed by atoms with Gasteiger partial charge in [0.15, 0.2) is 5.03 Å². The summed E-state index contributed by atoms with van der Waals surface area (Å²) in [6.07, 6.45) is 0.698. The highest BCUT2D eigenvalue weighted by Crippen LogP contribution is 2.00. The average Bonchev–Trinajstić information content (AvgIpc) is 2.10. The van der Waals surface area contributed by atoms with E-state index >= 15 is 0 Å². The van der Waals surface area contributed by atoms with Gasteiger partial charge in [-0.15, -0.1) is 15.1 Å². The van der Waals surface area contributed by atoms with Gasteiger partial charge in [0.2, 0.25) is 0 Å². The number of nitro groups is 1. The molecule has 1 unspecified atom stereocenters. The van der Waals surface area contributed by atoms with E-state index in [2.05, 4.69) is 4.84 Å². The largest absolute Gasteiger partial charge is 0.309 e. The molecule has 8 nitrogen and oxygen atoms in total. The van der Waals surface area contributed by atoms with Gasteiger partial charge in [-0.05, 0) is 13.3 Å². The van der Waals surface area contributed by atoms with E-state index in [0.29, 0.717) is 6.42 Å². The fourth-order valence-electron chi connectivity index (χ4n) is 1.06. The van der Waals surface area contributed by atoms with Crippen LogP contribution in [0.5, 0.6) is 0 Å². The van der Waals surface area contributed by atoms with Crippen LogP contribution >= 0.6 is 0 Å². The first-order valence-electron chi connectivity index (χ1n) is 4.67.